The lowest BCUT2D eigenvalue weighted by atomic mass is 10.2. The maximum atomic E-state index is 4.70. The van der Waals surface area contributed by atoms with Gasteiger partial charge in [-0.15, -0.1) is 11.8 Å². The van der Waals surface area contributed by atoms with Gasteiger partial charge in [-0.3, -0.25) is 0 Å². The predicted octanol–water partition coefficient (Wildman–Crippen LogP) is 4.09. The Morgan fingerprint density at radius 2 is 1.89 bits per heavy atom. The SMILES string of the molecule is CCC(C)CSc1nc(C(C)C)nc(NC)c1C. The summed E-state index contributed by atoms with van der Waals surface area (Å²) in [6, 6.07) is 0. The third kappa shape index (κ3) is 3.87. The highest BCUT2D eigenvalue weighted by molar-refractivity contribution is 7.99. The van der Waals surface area contributed by atoms with Crippen LogP contribution in [0.5, 0.6) is 0 Å². The molecule has 0 bridgehead atoms. The third-order valence-electron chi connectivity index (χ3n) is 3.07. The van der Waals surface area contributed by atoms with E-state index in [9.17, 15) is 0 Å². The molecule has 1 heterocycles. The summed E-state index contributed by atoms with van der Waals surface area (Å²) < 4.78 is 0. The zero-order valence-corrected chi connectivity index (χ0v) is 13.2. The molecule has 0 aliphatic carbocycles. The quantitative estimate of drug-likeness (QED) is 0.622. The molecule has 0 spiro atoms. The summed E-state index contributed by atoms with van der Waals surface area (Å²) in [4.78, 5) is 9.26. The minimum atomic E-state index is 0.362. The second-order valence-corrected chi connectivity index (χ2v) is 6.10. The lowest BCUT2D eigenvalue weighted by molar-refractivity contribution is 0.636. The summed E-state index contributed by atoms with van der Waals surface area (Å²) in [5.74, 6) is 4.09. The van der Waals surface area contributed by atoms with E-state index in [4.69, 9.17) is 4.98 Å². The van der Waals surface area contributed by atoms with Gasteiger partial charge >= 0.3 is 0 Å². The van der Waals surface area contributed by atoms with Gasteiger partial charge < -0.3 is 5.32 Å². The molecule has 1 unspecified atom stereocenters. The molecule has 3 nitrogen and oxygen atoms in total. The molecule has 0 amide bonds. The Labute approximate surface area is 115 Å². The molecule has 0 aliphatic heterocycles. The Bertz CT molecular complexity index is 391. The Balaban J connectivity index is 2.97. The number of thioether (sulfide) groups is 1. The maximum Gasteiger partial charge on any atom is 0.134 e. The van der Waals surface area contributed by atoms with Gasteiger partial charge in [0.05, 0.1) is 0 Å². The molecule has 0 radical (unpaired) electrons. The Kier molecular flexibility index (Phi) is 5.93. The molecule has 1 aromatic rings. The maximum absolute atomic E-state index is 4.70. The van der Waals surface area contributed by atoms with Gasteiger partial charge in [-0.25, -0.2) is 9.97 Å². The first-order chi connectivity index (χ1) is 8.49. The summed E-state index contributed by atoms with van der Waals surface area (Å²) in [6.45, 7) is 10.9. The molecule has 1 atom stereocenters. The van der Waals surface area contributed by atoms with Crippen LogP contribution < -0.4 is 5.32 Å². The average molecular weight is 267 g/mol. The fourth-order valence-electron chi connectivity index (χ4n) is 1.49. The molecule has 0 saturated heterocycles. The predicted molar refractivity (Wildman–Crippen MR) is 80.6 cm³/mol. The Morgan fingerprint density at radius 3 is 2.39 bits per heavy atom. The zero-order valence-electron chi connectivity index (χ0n) is 12.4. The highest BCUT2D eigenvalue weighted by atomic mass is 32.2. The van der Waals surface area contributed by atoms with Gasteiger partial charge in [0, 0.05) is 24.3 Å². The fourth-order valence-corrected chi connectivity index (χ4v) is 2.64. The second kappa shape index (κ2) is 6.98. The van der Waals surface area contributed by atoms with E-state index in [-0.39, 0.29) is 0 Å². The number of aromatic nitrogens is 2. The second-order valence-electron chi connectivity index (χ2n) is 5.09. The van der Waals surface area contributed by atoms with Crippen molar-refractivity contribution in [2.24, 2.45) is 5.92 Å². The van der Waals surface area contributed by atoms with Crippen LogP contribution in [0, 0.1) is 12.8 Å². The van der Waals surface area contributed by atoms with Crippen LogP contribution in [0.1, 0.15) is 51.4 Å². The number of rotatable bonds is 6. The van der Waals surface area contributed by atoms with Crippen LogP contribution in [-0.4, -0.2) is 22.8 Å². The minimum Gasteiger partial charge on any atom is -0.373 e. The topological polar surface area (TPSA) is 37.8 Å². The first-order valence-corrected chi connectivity index (χ1v) is 7.67. The number of hydrogen-bond donors (Lipinski definition) is 1. The Hall–Kier alpha value is -0.770. The van der Waals surface area contributed by atoms with Gasteiger partial charge in [-0.2, -0.15) is 0 Å². The van der Waals surface area contributed by atoms with E-state index in [1.54, 1.807) is 0 Å². The van der Waals surface area contributed by atoms with E-state index in [2.05, 4.69) is 44.9 Å². The van der Waals surface area contributed by atoms with E-state index < -0.39 is 0 Å². The largest absolute Gasteiger partial charge is 0.373 e. The highest BCUT2D eigenvalue weighted by Gasteiger charge is 2.13. The molecule has 102 valence electrons. The van der Waals surface area contributed by atoms with Crippen molar-refractivity contribution in [3.05, 3.63) is 11.4 Å². The number of nitrogens with one attached hydrogen (secondary N) is 1. The normalized spacial score (nSPS) is 12.8. The molecule has 1 aromatic heterocycles. The summed E-state index contributed by atoms with van der Waals surface area (Å²) in [7, 11) is 1.92. The third-order valence-corrected chi connectivity index (χ3v) is 4.48. The molecule has 0 aromatic carbocycles. The van der Waals surface area contributed by atoms with Gasteiger partial charge in [0.25, 0.3) is 0 Å². The zero-order chi connectivity index (χ0) is 13.7. The molecular weight excluding hydrogens is 242 g/mol. The van der Waals surface area contributed by atoms with Gasteiger partial charge in [0.2, 0.25) is 0 Å². The molecule has 1 N–H and O–H groups in total. The van der Waals surface area contributed by atoms with Crippen LogP contribution in [-0.2, 0) is 0 Å². The van der Waals surface area contributed by atoms with Crippen molar-refractivity contribution in [3.63, 3.8) is 0 Å². The first-order valence-electron chi connectivity index (χ1n) is 6.68. The van der Waals surface area contributed by atoms with Gasteiger partial charge in [0.1, 0.15) is 16.7 Å². The smallest absolute Gasteiger partial charge is 0.134 e. The lowest BCUT2D eigenvalue weighted by Gasteiger charge is -2.14. The van der Waals surface area contributed by atoms with E-state index in [1.165, 1.54) is 6.42 Å². The van der Waals surface area contributed by atoms with Crippen molar-refractivity contribution < 1.29 is 0 Å². The van der Waals surface area contributed by atoms with E-state index in [0.717, 1.165) is 33.9 Å². The van der Waals surface area contributed by atoms with Crippen LogP contribution >= 0.6 is 11.8 Å². The summed E-state index contributed by atoms with van der Waals surface area (Å²) >= 11 is 1.85. The van der Waals surface area contributed by atoms with Crippen molar-refractivity contribution in [1.29, 1.82) is 0 Å². The molecule has 1 rings (SSSR count). The first kappa shape index (κ1) is 15.3. The molecule has 0 fully saturated rings. The van der Waals surface area contributed by atoms with Crippen molar-refractivity contribution >= 4 is 17.6 Å². The van der Waals surface area contributed by atoms with E-state index in [1.807, 2.05) is 18.8 Å². The van der Waals surface area contributed by atoms with Crippen molar-refractivity contribution in [2.45, 2.75) is 52.0 Å². The summed E-state index contributed by atoms with van der Waals surface area (Å²) in [6.07, 6.45) is 1.22. The van der Waals surface area contributed by atoms with Crippen LogP contribution in [0.25, 0.3) is 0 Å². The minimum absolute atomic E-state index is 0.362. The lowest BCUT2D eigenvalue weighted by Crippen LogP contribution is -2.07. The van der Waals surface area contributed by atoms with Crippen molar-refractivity contribution in [2.75, 3.05) is 18.1 Å². The van der Waals surface area contributed by atoms with Crippen LogP contribution in [0.15, 0.2) is 5.03 Å². The van der Waals surface area contributed by atoms with Crippen LogP contribution in [0.2, 0.25) is 0 Å². The van der Waals surface area contributed by atoms with E-state index in [0.29, 0.717) is 5.92 Å². The molecule has 18 heavy (non-hydrogen) atoms. The standard InChI is InChI=1S/C14H25N3S/c1-7-10(4)8-18-14-11(5)13(15-6)16-12(17-14)9(2)3/h9-10H,7-8H2,1-6H3,(H,15,16,17). The van der Waals surface area contributed by atoms with Gasteiger partial charge in [-0.05, 0) is 12.8 Å². The highest BCUT2D eigenvalue weighted by Crippen LogP contribution is 2.28. The van der Waals surface area contributed by atoms with Crippen molar-refractivity contribution in [1.82, 2.24) is 9.97 Å². The van der Waals surface area contributed by atoms with Crippen LogP contribution in [0.4, 0.5) is 5.82 Å². The molecular formula is C14H25N3S. The van der Waals surface area contributed by atoms with Gasteiger partial charge in [0.15, 0.2) is 0 Å². The summed E-state index contributed by atoms with van der Waals surface area (Å²) in [5, 5.41) is 4.29. The molecule has 4 heteroatoms. The monoisotopic (exact) mass is 267 g/mol. The molecule has 0 aliphatic rings. The number of hydrogen-bond acceptors (Lipinski definition) is 4. The van der Waals surface area contributed by atoms with E-state index >= 15 is 0 Å². The van der Waals surface area contributed by atoms with Crippen LogP contribution in [0.3, 0.4) is 0 Å². The van der Waals surface area contributed by atoms with Gasteiger partial charge in [-0.1, -0.05) is 34.1 Å². The van der Waals surface area contributed by atoms with Crippen molar-refractivity contribution in [3.8, 4) is 0 Å². The number of anilines is 1. The summed E-state index contributed by atoms with van der Waals surface area (Å²) in [5.41, 5.74) is 1.16. The molecule has 0 saturated carbocycles. The Morgan fingerprint density at radius 1 is 1.22 bits per heavy atom. The fraction of sp³-hybridized carbons (Fsp3) is 0.714. The average Bonchev–Trinajstić information content (AvgIpc) is 2.36. The number of nitrogens with zero attached hydrogens (tertiary/aromatic N) is 2.